The molecule has 4 nitrogen and oxygen atoms in total. The van der Waals surface area contributed by atoms with E-state index in [9.17, 15) is 4.79 Å². The van der Waals surface area contributed by atoms with Crippen molar-refractivity contribution in [3.8, 4) is 0 Å². The molecule has 3 rings (SSSR count). The van der Waals surface area contributed by atoms with Crippen molar-refractivity contribution in [3.63, 3.8) is 0 Å². The van der Waals surface area contributed by atoms with Crippen LogP contribution in [0, 0.1) is 0 Å². The van der Waals surface area contributed by atoms with E-state index in [-0.39, 0.29) is 24.4 Å². The van der Waals surface area contributed by atoms with Crippen LogP contribution in [0.2, 0.25) is 5.02 Å². The molecule has 25 heavy (non-hydrogen) atoms. The first kappa shape index (κ1) is 19.6. The van der Waals surface area contributed by atoms with Gasteiger partial charge in [-0.2, -0.15) is 0 Å². The maximum Gasteiger partial charge on any atom is 0.244 e. The van der Waals surface area contributed by atoms with Crippen LogP contribution in [0.25, 0.3) is 6.08 Å². The Labute approximate surface area is 159 Å². The highest BCUT2D eigenvalue weighted by atomic mass is 35.5. The fourth-order valence-corrected chi connectivity index (χ4v) is 3.25. The van der Waals surface area contributed by atoms with Gasteiger partial charge in [-0.3, -0.25) is 4.79 Å². The van der Waals surface area contributed by atoms with E-state index in [0.29, 0.717) is 11.6 Å². The number of amides is 1. The zero-order valence-corrected chi connectivity index (χ0v) is 15.4. The third-order valence-corrected chi connectivity index (χ3v) is 4.65. The summed E-state index contributed by atoms with van der Waals surface area (Å²) >= 11 is 5.86. The maximum atomic E-state index is 12.1. The Morgan fingerprint density at radius 3 is 2.60 bits per heavy atom. The highest BCUT2D eigenvalue weighted by Crippen LogP contribution is 2.12. The number of carbonyl (C=O) groups is 1. The molecule has 1 saturated heterocycles. The first-order valence-corrected chi connectivity index (χ1v) is 8.69. The molecule has 1 aromatic carbocycles. The van der Waals surface area contributed by atoms with E-state index < -0.39 is 0 Å². The standard InChI is InChI=1S/C19H21ClN2O2.ClH/c20-16-8-5-15(6-9-16)7-10-19(23)21-14-17(18-4-3-13-24-18)22-11-1-2-12-22;/h3-10,13,17H,1-2,11-12,14H2,(H,21,23);1H. The Kier molecular flexibility index (Phi) is 7.56. The summed E-state index contributed by atoms with van der Waals surface area (Å²) in [6, 6.07) is 11.4. The molecule has 1 atom stereocenters. The predicted octanol–water partition coefficient (Wildman–Crippen LogP) is -0.514. The average molecular weight is 381 g/mol. The Balaban J connectivity index is 0.00000225. The summed E-state index contributed by atoms with van der Waals surface area (Å²) in [5.41, 5.74) is 0.947. The van der Waals surface area contributed by atoms with Gasteiger partial charge >= 0.3 is 0 Å². The van der Waals surface area contributed by atoms with E-state index >= 15 is 0 Å². The van der Waals surface area contributed by atoms with Gasteiger partial charge in [0.25, 0.3) is 0 Å². The van der Waals surface area contributed by atoms with E-state index in [1.54, 1.807) is 18.4 Å². The summed E-state index contributed by atoms with van der Waals surface area (Å²) in [6.45, 7) is 2.83. The van der Waals surface area contributed by atoms with Crippen LogP contribution in [-0.4, -0.2) is 25.5 Å². The zero-order chi connectivity index (χ0) is 16.8. The predicted molar refractivity (Wildman–Crippen MR) is 94.9 cm³/mol. The quantitative estimate of drug-likeness (QED) is 0.662. The van der Waals surface area contributed by atoms with Crippen molar-refractivity contribution in [3.05, 3.63) is 65.1 Å². The number of quaternary nitrogens is 1. The number of rotatable bonds is 6. The van der Waals surface area contributed by atoms with Gasteiger partial charge in [-0.1, -0.05) is 23.7 Å². The van der Waals surface area contributed by atoms with E-state index in [4.69, 9.17) is 16.0 Å². The van der Waals surface area contributed by atoms with Crippen LogP contribution in [0.1, 0.15) is 30.2 Å². The molecule has 1 fully saturated rings. The molecule has 134 valence electrons. The second-order valence-corrected chi connectivity index (χ2v) is 6.50. The number of hydrogen-bond donors (Lipinski definition) is 2. The molecule has 0 spiro atoms. The lowest BCUT2D eigenvalue weighted by atomic mass is 10.2. The van der Waals surface area contributed by atoms with E-state index in [1.165, 1.54) is 17.7 Å². The molecular formula is C19H22Cl2N2O2. The fourth-order valence-electron chi connectivity index (χ4n) is 3.12. The first-order chi connectivity index (χ1) is 11.7. The van der Waals surface area contributed by atoms with Crippen molar-refractivity contribution in [2.75, 3.05) is 19.6 Å². The van der Waals surface area contributed by atoms with Gasteiger partial charge in [0.15, 0.2) is 11.8 Å². The number of hydrogen-bond acceptors (Lipinski definition) is 2. The summed E-state index contributed by atoms with van der Waals surface area (Å²) in [5.74, 6) is 0.842. The van der Waals surface area contributed by atoms with E-state index in [1.807, 2.05) is 36.4 Å². The van der Waals surface area contributed by atoms with Crippen molar-refractivity contribution in [2.45, 2.75) is 18.9 Å². The highest BCUT2D eigenvalue weighted by Gasteiger charge is 2.29. The third kappa shape index (κ3) is 5.63. The number of carbonyl (C=O) groups excluding carboxylic acids is 1. The van der Waals surface area contributed by atoms with Crippen LogP contribution in [0.15, 0.2) is 53.2 Å². The lowest BCUT2D eigenvalue weighted by Crippen LogP contribution is -3.11. The van der Waals surface area contributed by atoms with Crippen LogP contribution in [0.4, 0.5) is 0 Å². The first-order valence-electron chi connectivity index (χ1n) is 8.32. The summed E-state index contributed by atoms with van der Waals surface area (Å²) in [6.07, 6.45) is 7.51. The molecule has 2 N–H and O–H groups in total. The van der Waals surface area contributed by atoms with Gasteiger partial charge in [0.2, 0.25) is 5.91 Å². The van der Waals surface area contributed by atoms with E-state index in [0.717, 1.165) is 24.4 Å². The summed E-state index contributed by atoms with van der Waals surface area (Å²) in [5, 5.41) is 3.68. The lowest BCUT2D eigenvalue weighted by molar-refractivity contribution is -0.919. The van der Waals surface area contributed by atoms with Crippen LogP contribution >= 0.6 is 11.6 Å². The van der Waals surface area contributed by atoms with Crippen LogP contribution in [0.3, 0.4) is 0 Å². The monoisotopic (exact) mass is 380 g/mol. The summed E-state index contributed by atoms with van der Waals surface area (Å²) in [4.78, 5) is 13.6. The van der Waals surface area contributed by atoms with Crippen LogP contribution < -0.4 is 22.6 Å². The van der Waals surface area contributed by atoms with Gasteiger partial charge in [0.1, 0.15) is 0 Å². The number of nitrogens with one attached hydrogen (secondary N) is 2. The smallest absolute Gasteiger partial charge is 0.244 e. The number of halogens is 2. The molecule has 2 aromatic rings. The lowest BCUT2D eigenvalue weighted by Gasteiger charge is -2.22. The van der Waals surface area contributed by atoms with Crippen molar-refractivity contribution < 1.29 is 26.5 Å². The zero-order valence-electron chi connectivity index (χ0n) is 13.9. The minimum atomic E-state index is -0.0971. The Bertz CT molecular complexity index is 678. The molecule has 0 saturated carbocycles. The van der Waals surface area contributed by atoms with Crippen molar-refractivity contribution >= 4 is 23.6 Å². The Morgan fingerprint density at radius 2 is 1.96 bits per heavy atom. The minimum Gasteiger partial charge on any atom is -1.00 e. The van der Waals surface area contributed by atoms with Gasteiger partial charge in [-0.25, -0.2) is 0 Å². The molecule has 2 heterocycles. The van der Waals surface area contributed by atoms with Crippen molar-refractivity contribution in [2.24, 2.45) is 0 Å². The molecule has 1 aliphatic rings. The third-order valence-electron chi connectivity index (χ3n) is 4.40. The number of furan rings is 1. The van der Waals surface area contributed by atoms with Gasteiger partial charge in [-0.05, 0) is 35.9 Å². The van der Waals surface area contributed by atoms with Gasteiger partial charge < -0.3 is 27.0 Å². The Morgan fingerprint density at radius 1 is 1.24 bits per heavy atom. The molecule has 1 aliphatic heterocycles. The molecule has 0 bridgehead atoms. The van der Waals surface area contributed by atoms with Crippen LogP contribution in [-0.2, 0) is 4.79 Å². The largest absolute Gasteiger partial charge is 1.00 e. The van der Waals surface area contributed by atoms with E-state index in [2.05, 4.69) is 5.32 Å². The van der Waals surface area contributed by atoms with Gasteiger partial charge in [0.05, 0.1) is 25.9 Å². The topological polar surface area (TPSA) is 46.7 Å². The van der Waals surface area contributed by atoms with Gasteiger partial charge in [0, 0.05) is 23.9 Å². The molecule has 1 unspecified atom stereocenters. The fraction of sp³-hybridized carbons (Fsp3) is 0.316. The summed E-state index contributed by atoms with van der Waals surface area (Å²) in [7, 11) is 0. The average Bonchev–Trinajstić information content (AvgIpc) is 3.29. The molecule has 1 amide bonds. The number of benzene rings is 1. The SMILES string of the molecule is O=C(C=Cc1ccc(Cl)cc1)NCC(c1ccco1)[NH+]1CCCC1.[Cl-]. The van der Waals surface area contributed by atoms with Crippen molar-refractivity contribution in [1.29, 1.82) is 0 Å². The second kappa shape index (κ2) is 9.66. The normalized spacial score (nSPS) is 15.9. The Hall–Kier alpha value is -1.75. The number of likely N-dealkylation sites (tertiary alicyclic amines) is 1. The molecule has 0 radical (unpaired) electrons. The van der Waals surface area contributed by atoms with Gasteiger partial charge in [-0.15, -0.1) is 0 Å². The van der Waals surface area contributed by atoms with Crippen molar-refractivity contribution in [1.82, 2.24) is 5.32 Å². The summed E-state index contributed by atoms with van der Waals surface area (Å²) < 4.78 is 5.58. The maximum absolute atomic E-state index is 12.1. The van der Waals surface area contributed by atoms with Crippen LogP contribution in [0.5, 0.6) is 0 Å². The molecular weight excluding hydrogens is 359 g/mol. The molecule has 0 aliphatic carbocycles. The molecule has 1 aromatic heterocycles. The molecule has 6 heteroatoms. The second-order valence-electron chi connectivity index (χ2n) is 6.06. The minimum absolute atomic E-state index is 0. The highest BCUT2D eigenvalue weighted by molar-refractivity contribution is 6.30.